The Bertz CT molecular complexity index is 900. The predicted octanol–water partition coefficient (Wildman–Crippen LogP) is 4.38. The van der Waals surface area contributed by atoms with Gasteiger partial charge in [-0.3, -0.25) is 9.69 Å². The molecule has 2 heterocycles. The molecule has 0 spiro atoms. The zero-order valence-corrected chi connectivity index (χ0v) is 14.0. The Kier molecular flexibility index (Phi) is 3.75. The van der Waals surface area contributed by atoms with Crippen LogP contribution in [-0.4, -0.2) is 23.7 Å². The molecular weight excluding hydrogens is 316 g/mol. The zero-order valence-electron chi connectivity index (χ0n) is 13.2. The molecule has 1 unspecified atom stereocenters. The molecule has 0 saturated heterocycles. The van der Waals surface area contributed by atoms with Crippen molar-refractivity contribution in [2.75, 3.05) is 7.05 Å². The van der Waals surface area contributed by atoms with E-state index in [-0.39, 0.29) is 5.91 Å². The number of hydrogen-bond donors (Lipinski definition) is 0. The Hall–Kier alpha value is -2.72. The lowest BCUT2D eigenvalue weighted by Gasteiger charge is -2.13. The van der Waals surface area contributed by atoms with Crippen LogP contribution in [0, 0.1) is 0 Å². The third-order valence-electron chi connectivity index (χ3n) is 4.22. The summed E-state index contributed by atoms with van der Waals surface area (Å²) in [4.78, 5) is 18.9. The Morgan fingerprint density at radius 1 is 0.958 bits per heavy atom. The summed E-state index contributed by atoms with van der Waals surface area (Å²) < 4.78 is 0. The van der Waals surface area contributed by atoms with Crippen LogP contribution < -0.4 is 0 Å². The van der Waals surface area contributed by atoms with Gasteiger partial charge in [0.15, 0.2) is 6.04 Å². The van der Waals surface area contributed by atoms with Gasteiger partial charge in [-0.1, -0.05) is 48.5 Å². The number of rotatable bonds is 3. The van der Waals surface area contributed by atoms with Crippen molar-refractivity contribution in [3.05, 3.63) is 82.6 Å². The first-order valence-electron chi connectivity index (χ1n) is 7.77. The van der Waals surface area contributed by atoms with E-state index in [4.69, 9.17) is 4.99 Å². The normalized spacial score (nSPS) is 17.2. The monoisotopic (exact) mass is 332 g/mol. The lowest BCUT2D eigenvalue weighted by atomic mass is 10.0. The quantitative estimate of drug-likeness (QED) is 0.701. The van der Waals surface area contributed by atoms with Gasteiger partial charge in [0, 0.05) is 12.6 Å². The predicted molar refractivity (Wildman–Crippen MR) is 98.2 cm³/mol. The minimum absolute atomic E-state index is 0.0218. The third kappa shape index (κ3) is 2.55. The highest BCUT2D eigenvalue weighted by Gasteiger charge is 2.33. The van der Waals surface area contributed by atoms with Crippen LogP contribution in [-0.2, 0) is 4.79 Å². The number of likely N-dealkylation sites (N-methyl/N-ethyl adjacent to an activating group) is 1. The van der Waals surface area contributed by atoms with E-state index in [0.717, 1.165) is 28.1 Å². The number of amidine groups is 1. The molecule has 118 valence electrons. The van der Waals surface area contributed by atoms with Gasteiger partial charge in [0.25, 0.3) is 5.91 Å². The van der Waals surface area contributed by atoms with Crippen molar-refractivity contribution in [3.63, 3.8) is 0 Å². The number of carbonyl (C=O) groups is 1. The molecule has 0 bridgehead atoms. The first kappa shape index (κ1) is 14.8. The second-order valence-corrected chi connectivity index (χ2v) is 6.54. The lowest BCUT2D eigenvalue weighted by Crippen LogP contribution is -2.29. The molecule has 3 nitrogen and oxygen atoms in total. The van der Waals surface area contributed by atoms with Crippen LogP contribution in [0.2, 0.25) is 0 Å². The van der Waals surface area contributed by atoms with Gasteiger partial charge in [0.05, 0.1) is 0 Å². The number of carbonyl (C=O) groups excluding carboxylic acids is 1. The smallest absolute Gasteiger partial charge is 0.257 e. The summed E-state index contributed by atoms with van der Waals surface area (Å²) in [5, 5.41) is 3.97. The molecule has 1 aromatic heterocycles. The van der Waals surface area contributed by atoms with Crippen molar-refractivity contribution in [1.82, 2.24) is 4.90 Å². The minimum Gasteiger partial charge on any atom is -0.298 e. The van der Waals surface area contributed by atoms with Gasteiger partial charge in [-0.05, 0) is 39.6 Å². The standard InChI is InChI=1S/C20H16N2OS/c1-22-19(21-18(20(22)23)17-10-11-24-13-17)16-9-5-8-15(12-16)14-6-3-2-4-7-14/h2-13,18H,1H3. The van der Waals surface area contributed by atoms with E-state index in [1.165, 1.54) is 0 Å². The summed E-state index contributed by atoms with van der Waals surface area (Å²) in [7, 11) is 1.79. The summed E-state index contributed by atoms with van der Waals surface area (Å²) in [6.45, 7) is 0. The maximum atomic E-state index is 12.6. The molecule has 0 saturated carbocycles. The summed E-state index contributed by atoms with van der Waals surface area (Å²) in [6.07, 6.45) is 0. The molecule has 0 fully saturated rings. The highest BCUT2D eigenvalue weighted by atomic mass is 32.1. The first-order valence-corrected chi connectivity index (χ1v) is 8.71. The molecule has 0 aliphatic carbocycles. The van der Waals surface area contributed by atoms with E-state index in [1.807, 2.05) is 47.2 Å². The van der Waals surface area contributed by atoms with Gasteiger partial charge in [-0.25, -0.2) is 4.99 Å². The number of benzene rings is 2. The van der Waals surface area contributed by atoms with Crippen molar-refractivity contribution in [3.8, 4) is 11.1 Å². The van der Waals surface area contributed by atoms with E-state index in [2.05, 4.69) is 24.3 Å². The number of amides is 1. The number of aliphatic imine (C=N–C) groups is 1. The van der Waals surface area contributed by atoms with Crippen molar-refractivity contribution < 1.29 is 4.79 Å². The van der Waals surface area contributed by atoms with Crippen LogP contribution in [0.5, 0.6) is 0 Å². The van der Waals surface area contributed by atoms with E-state index in [1.54, 1.807) is 23.3 Å². The second-order valence-electron chi connectivity index (χ2n) is 5.76. The summed E-state index contributed by atoms with van der Waals surface area (Å²) in [6, 6.07) is 19.9. The van der Waals surface area contributed by atoms with E-state index in [0.29, 0.717) is 0 Å². The molecule has 3 aromatic rings. The fourth-order valence-electron chi connectivity index (χ4n) is 2.94. The van der Waals surface area contributed by atoms with Crippen molar-refractivity contribution in [1.29, 1.82) is 0 Å². The van der Waals surface area contributed by atoms with Crippen LogP contribution in [0.15, 0.2) is 76.4 Å². The Morgan fingerprint density at radius 3 is 2.46 bits per heavy atom. The summed E-state index contributed by atoms with van der Waals surface area (Å²) in [5.41, 5.74) is 4.20. The van der Waals surface area contributed by atoms with E-state index >= 15 is 0 Å². The molecular formula is C20H16N2OS. The molecule has 2 aromatic carbocycles. The highest BCUT2D eigenvalue weighted by Crippen LogP contribution is 2.30. The van der Waals surface area contributed by atoms with Crippen LogP contribution in [0.25, 0.3) is 11.1 Å². The Labute approximate surface area is 144 Å². The molecule has 1 atom stereocenters. The molecule has 24 heavy (non-hydrogen) atoms. The van der Waals surface area contributed by atoms with Crippen molar-refractivity contribution in [2.24, 2.45) is 4.99 Å². The number of nitrogens with zero attached hydrogens (tertiary/aromatic N) is 2. The van der Waals surface area contributed by atoms with Gasteiger partial charge in [-0.2, -0.15) is 11.3 Å². The van der Waals surface area contributed by atoms with Gasteiger partial charge in [0.1, 0.15) is 5.84 Å². The van der Waals surface area contributed by atoms with Crippen LogP contribution in [0.3, 0.4) is 0 Å². The molecule has 4 rings (SSSR count). The molecule has 0 radical (unpaired) electrons. The molecule has 1 aliphatic rings. The molecule has 0 N–H and O–H groups in total. The highest BCUT2D eigenvalue weighted by molar-refractivity contribution is 7.08. The molecule has 1 amide bonds. The zero-order chi connectivity index (χ0) is 16.5. The lowest BCUT2D eigenvalue weighted by molar-refractivity contribution is -0.126. The van der Waals surface area contributed by atoms with Crippen LogP contribution >= 0.6 is 11.3 Å². The molecule has 1 aliphatic heterocycles. The third-order valence-corrected chi connectivity index (χ3v) is 4.92. The van der Waals surface area contributed by atoms with Gasteiger partial charge in [0.2, 0.25) is 0 Å². The minimum atomic E-state index is -0.420. The SMILES string of the molecule is CN1C(=O)C(c2ccsc2)N=C1c1cccc(-c2ccccc2)c1. The van der Waals surface area contributed by atoms with Gasteiger partial charge < -0.3 is 0 Å². The largest absolute Gasteiger partial charge is 0.298 e. The fourth-order valence-corrected chi connectivity index (χ4v) is 3.62. The van der Waals surface area contributed by atoms with Crippen molar-refractivity contribution in [2.45, 2.75) is 6.04 Å². The van der Waals surface area contributed by atoms with Crippen LogP contribution in [0.4, 0.5) is 0 Å². The first-order chi connectivity index (χ1) is 11.7. The number of hydrogen-bond acceptors (Lipinski definition) is 3. The van der Waals surface area contributed by atoms with Gasteiger partial charge in [-0.15, -0.1) is 0 Å². The maximum absolute atomic E-state index is 12.6. The average Bonchev–Trinajstić information content (AvgIpc) is 3.25. The Morgan fingerprint density at radius 2 is 1.71 bits per heavy atom. The summed E-state index contributed by atoms with van der Waals surface area (Å²) in [5.74, 6) is 0.752. The van der Waals surface area contributed by atoms with Crippen molar-refractivity contribution >= 4 is 23.1 Å². The average molecular weight is 332 g/mol. The molecule has 4 heteroatoms. The number of thiophene rings is 1. The second kappa shape index (κ2) is 6.06. The van der Waals surface area contributed by atoms with Crippen LogP contribution in [0.1, 0.15) is 17.2 Å². The summed E-state index contributed by atoms with van der Waals surface area (Å²) >= 11 is 1.59. The fraction of sp³-hybridized carbons (Fsp3) is 0.100. The van der Waals surface area contributed by atoms with E-state index < -0.39 is 6.04 Å². The maximum Gasteiger partial charge on any atom is 0.257 e. The van der Waals surface area contributed by atoms with Gasteiger partial charge >= 0.3 is 0 Å². The topological polar surface area (TPSA) is 32.7 Å². The van der Waals surface area contributed by atoms with E-state index in [9.17, 15) is 4.79 Å². The Balaban J connectivity index is 1.73.